The molecule has 3 nitrogen and oxygen atoms in total. The van der Waals surface area contributed by atoms with Crippen molar-refractivity contribution in [1.29, 1.82) is 0 Å². The summed E-state index contributed by atoms with van der Waals surface area (Å²) in [5.41, 5.74) is 3.54. The Balaban J connectivity index is 2.28. The molecule has 0 spiro atoms. The number of nitrogens with zero attached hydrogens (tertiary/aromatic N) is 1. The van der Waals surface area contributed by atoms with Crippen LogP contribution < -0.4 is 10.9 Å². The summed E-state index contributed by atoms with van der Waals surface area (Å²) in [4.78, 5) is 12.1. The summed E-state index contributed by atoms with van der Waals surface area (Å²) in [6.45, 7) is 7.82. The highest BCUT2D eigenvalue weighted by molar-refractivity contribution is 5.24. The maximum Gasteiger partial charge on any atom is 0.250 e. The zero-order chi connectivity index (χ0) is 15.2. The van der Waals surface area contributed by atoms with Crippen LogP contribution in [0.25, 0.3) is 0 Å². The topological polar surface area (TPSA) is 34.0 Å². The van der Waals surface area contributed by atoms with Crippen LogP contribution in [0, 0.1) is 13.8 Å². The third-order valence-corrected chi connectivity index (χ3v) is 3.75. The third-order valence-electron chi connectivity index (χ3n) is 3.75. The molecule has 2 rings (SSSR count). The van der Waals surface area contributed by atoms with E-state index in [1.54, 1.807) is 6.07 Å². The average molecular weight is 284 g/mol. The van der Waals surface area contributed by atoms with E-state index in [2.05, 4.69) is 43.4 Å². The fourth-order valence-corrected chi connectivity index (χ4v) is 2.45. The molecule has 1 heterocycles. The third kappa shape index (κ3) is 4.05. The monoisotopic (exact) mass is 284 g/mol. The van der Waals surface area contributed by atoms with Crippen molar-refractivity contribution in [2.75, 3.05) is 6.54 Å². The number of aryl methyl sites for hydroxylation is 2. The fraction of sp³-hybridized carbons (Fsp3) is 0.389. The quantitative estimate of drug-likeness (QED) is 0.884. The standard InChI is InChI=1S/C18H24N2O/c1-4-12-19-17(16-10-8-14(2)9-11-16)13-20-15(3)6-5-7-18(20)21/h5-11,17,19H,4,12-13H2,1-3H3. The minimum atomic E-state index is 0.0606. The highest BCUT2D eigenvalue weighted by atomic mass is 16.1. The summed E-state index contributed by atoms with van der Waals surface area (Å²) < 4.78 is 1.84. The molecule has 0 aliphatic carbocycles. The minimum absolute atomic E-state index is 0.0606. The van der Waals surface area contributed by atoms with Gasteiger partial charge in [0.15, 0.2) is 0 Å². The van der Waals surface area contributed by atoms with Gasteiger partial charge in [0, 0.05) is 18.3 Å². The smallest absolute Gasteiger partial charge is 0.250 e. The molecule has 2 aromatic rings. The Labute approximate surface area is 126 Å². The average Bonchev–Trinajstić information content (AvgIpc) is 2.47. The molecule has 0 aliphatic rings. The lowest BCUT2D eigenvalue weighted by Gasteiger charge is -2.21. The molecule has 0 saturated heterocycles. The van der Waals surface area contributed by atoms with Gasteiger partial charge in [-0.05, 0) is 38.4 Å². The van der Waals surface area contributed by atoms with E-state index in [0.717, 1.165) is 18.7 Å². The normalized spacial score (nSPS) is 12.3. The first-order chi connectivity index (χ1) is 10.1. The van der Waals surface area contributed by atoms with E-state index in [-0.39, 0.29) is 11.6 Å². The van der Waals surface area contributed by atoms with E-state index in [4.69, 9.17) is 0 Å². The van der Waals surface area contributed by atoms with E-state index in [0.29, 0.717) is 6.54 Å². The molecule has 0 saturated carbocycles. The highest BCUT2D eigenvalue weighted by Crippen LogP contribution is 2.16. The summed E-state index contributed by atoms with van der Waals surface area (Å²) in [5.74, 6) is 0. The molecule has 1 unspecified atom stereocenters. The molecule has 21 heavy (non-hydrogen) atoms. The number of rotatable bonds is 6. The van der Waals surface area contributed by atoms with Crippen molar-refractivity contribution >= 4 is 0 Å². The lowest BCUT2D eigenvalue weighted by atomic mass is 10.0. The summed E-state index contributed by atoms with van der Waals surface area (Å²) in [7, 11) is 0. The molecule has 0 radical (unpaired) electrons. The second-order valence-corrected chi connectivity index (χ2v) is 5.53. The van der Waals surface area contributed by atoms with Gasteiger partial charge in [-0.2, -0.15) is 0 Å². The van der Waals surface area contributed by atoms with Crippen molar-refractivity contribution in [3.05, 3.63) is 69.6 Å². The number of aromatic nitrogens is 1. The molecular formula is C18H24N2O. The number of benzene rings is 1. The van der Waals surface area contributed by atoms with Crippen molar-refractivity contribution in [3.8, 4) is 0 Å². The number of pyridine rings is 1. The Hall–Kier alpha value is -1.87. The zero-order valence-corrected chi connectivity index (χ0v) is 13.1. The lowest BCUT2D eigenvalue weighted by Crippen LogP contribution is -2.31. The highest BCUT2D eigenvalue weighted by Gasteiger charge is 2.13. The molecule has 1 aromatic carbocycles. The van der Waals surface area contributed by atoms with Crippen molar-refractivity contribution < 1.29 is 0 Å². The predicted molar refractivity (Wildman–Crippen MR) is 87.7 cm³/mol. The van der Waals surface area contributed by atoms with Crippen LogP contribution in [0.4, 0.5) is 0 Å². The van der Waals surface area contributed by atoms with Crippen LogP contribution in [0.1, 0.15) is 36.2 Å². The maximum absolute atomic E-state index is 12.1. The first kappa shape index (κ1) is 15.5. The number of hydrogen-bond acceptors (Lipinski definition) is 2. The Bertz CT molecular complexity index is 628. The predicted octanol–water partition coefficient (Wildman–Crippen LogP) is 3.21. The molecule has 1 N–H and O–H groups in total. The van der Waals surface area contributed by atoms with Crippen LogP contribution in [-0.4, -0.2) is 11.1 Å². The Morgan fingerprint density at radius 3 is 2.43 bits per heavy atom. The van der Waals surface area contributed by atoms with Gasteiger partial charge in [0.2, 0.25) is 0 Å². The van der Waals surface area contributed by atoms with E-state index in [1.165, 1.54) is 11.1 Å². The molecule has 112 valence electrons. The second-order valence-electron chi connectivity index (χ2n) is 5.53. The molecule has 1 aromatic heterocycles. The lowest BCUT2D eigenvalue weighted by molar-refractivity contribution is 0.451. The van der Waals surface area contributed by atoms with Gasteiger partial charge in [-0.1, -0.05) is 42.8 Å². The van der Waals surface area contributed by atoms with E-state index < -0.39 is 0 Å². The van der Waals surface area contributed by atoms with Crippen molar-refractivity contribution in [2.45, 2.75) is 39.8 Å². The van der Waals surface area contributed by atoms with Gasteiger partial charge in [0.25, 0.3) is 5.56 Å². The molecule has 0 aliphatic heterocycles. The molecular weight excluding hydrogens is 260 g/mol. The molecule has 0 bridgehead atoms. The van der Waals surface area contributed by atoms with Gasteiger partial charge in [0.1, 0.15) is 0 Å². The SMILES string of the molecule is CCCNC(Cn1c(C)cccc1=O)c1ccc(C)cc1. The molecule has 0 fully saturated rings. The first-order valence-corrected chi connectivity index (χ1v) is 7.58. The summed E-state index contributed by atoms with van der Waals surface area (Å²) in [5, 5.41) is 3.55. The van der Waals surface area contributed by atoms with Crippen molar-refractivity contribution in [3.63, 3.8) is 0 Å². The van der Waals surface area contributed by atoms with E-state index in [1.807, 2.05) is 23.6 Å². The van der Waals surface area contributed by atoms with Crippen molar-refractivity contribution in [1.82, 2.24) is 9.88 Å². The van der Waals surface area contributed by atoms with E-state index in [9.17, 15) is 4.79 Å². The van der Waals surface area contributed by atoms with Crippen LogP contribution in [0.15, 0.2) is 47.3 Å². The van der Waals surface area contributed by atoms with Crippen LogP contribution in [0.3, 0.4) is 0 Å². The van der Waals surface area contributed by atoms with E-state index >= 15 is 0 Å². The van der Waals surface area contributed by atoms with Gasteiger partial charge in [0.05, 0.1) is 6.04 Å². The fourth-order valence-electron chi connectivity index (χ4n) is 2.45. The summed E-state index contributed by atoms with van der Waals surface area (Å²) >= 11 is 0. The van der Waals surface area contributed by atoms with Crippen LogP contribution in [0.2, 0.25) is 0 Å². The Kier molecular flexibility index (Phi) is 5.34. The number of nitrogens with one attached hydrogen (secondary N) is 1. The maximum atomic E-state index is 12.1. The Morgan fingerprint density at radius 2 is 1.81 bits per heavy atom. The molecule has 1 atom stereocenters. The van der Waals surface area contributed by atoms with Gasteiger partial charge in [-0.3, -0.25) is 4.79 Å². The minimum Gasteiger partial charge on any atom is -0.311 e. The largest absolute Gasteiger partial charge is 0.311 e. The van der Waals surface area contributed by atoms with Gasteiger partial charge >= 0.3 is 0 Å². The second kappa shape index (κ2) is 7.23. The van der Waals surface area contributed by atoms with Crippen LogP contribution in [-0.2, 0) is 6.54 Å². The Morgan fingerprint density at radius 1 is 1.10 bits per heavy atom. The van der Waals surface area contributed by atoms with Crippen molar-refractivity contribution in [2.24, 2.45) is 0 Å². The van der Waals surface area contributed by atoms with Crippen LogP contribution in [0.5, 0.6) is 0 Å². The molecule has 0 amide bonds. The van der Waals surface area contributed by atoms with Gasteiger partial charge < -0.3 is 9.88 Å². The van der Waals surface area contributed by atoms with Gasteiger partial charge in [-0.15, -0.1) is 0 Å². The zero-order valence-electron chi connectivity index (χ0n) is 13.1. The van der Waals surface area contributed by atoms with Gasteiger partial charge in [-0.25, -0.2) is 0 Å². The number of hydrogen-bond donors (Lipinski definition) is 1. The molecule has 3 heteroatoms. The summed E-state index contributed by atoms with van der Waals surface area (Å²) in [6, 6.07) is 14.1. The first-order valence-electron chi connectivity index (χ1n) is 7.58. The van der Waals surface area contributed by atoms with Crippen LogP contribution >= 0.6 is 0 Å². The summed E-state index contributed by atoms with van der Waals surface area (Å²) in [6.07, 6.45) is 1.07.